The van der Waals surface area contributed by atoms with Crippen molar-refractivity contribution in [3.8, 4) is 0 Å². The van der Waals surface area contributed by atoms with Crippen molar-refractivity contribution in [1.82, 2.24) is 19.7 Å². The summed E-state index contributed by atoms with van der Waals surface area (Å²) in [6.07, 6.45) is 7.27. The van der Waals surface area contributed by atoms with Crippen molar-refractivity contribution < 1.29 is 14.4 Å². The molecule has 1 saturated heterocycles. The van der Waals surface area contributed by atoms with Crippen LogP contribution in [0.3, 0.4) is 0 Å². The van der Waals surface area contributed by atoms with Gasteiger partial charge in [-0.05, 0) is 66.9 Å². The Labute approximate surface area is 201 Å². The Morgan fingerprint density at radius 3 is 2.47 bits per heavy atom. The second-order valence-electron chi connectivity index (χ2n) is 12.5. The minimum Gasteiger partial charge on any atom is -0.328 e. The SMILES string of the molecule is CC(=O)c1nn(CC(=O)N2[C@@H]3C[C@@H]3C[C@H]2C(=O)CC2CC(C)(C)CC(C)(C)C2)c2ncccc12. The number of carbonyl (C=O) groups is 3. The Hall–Kier alpha value is -2.57. The number of amides is 1. The van der Waals surface area contributed by atoms with Crippen molar-refractivity contribution in [3.63, 3.8) is 0 Å². The molecule has 2 aliphatic carbocycles. The zero-order chi connectivity index (χ0) is 24.4. The first-order valence-electron chi connectivity index (χ1n) is 12.6. The lowest BCUT2D eigenvalue weighted by Gasteiger charge is -2.45. The van der Waals surface area contributed by atoms with Gasteiger partial charge in [-0.3, -0.25) is 14.4 Å². The van der Waals surface area contributed by atoms with E-state index in [1.165, 1.54) is 18.0 Å². The van der Waals surface area contributed by atoms with E-state index in [2.05, 4.69) is 37.8 Å². The Bertz CT molecular complexity index is 1150. The maximum Gasteiger partial charge on any atom is 0.245 e. The molecule has 0 aromatic carbocycles. The molecule has 2 aromatic rings. The molecule has 0 bridgehead atoms. The van der Waals surface area contributed by atoms with E-state index in [0.717, 1.165) is 25.7 Å². The summed E-state index contributed by atoms with van der Waals surface area (Å²) in [7, 11) is 0. The second-order valence-corrected chi connectivity index (χ2v) is 12.5. The molecule has 1 amide bonds. The highest BCUT2D eigenvalue weighted by molar-refractivity contribution is 6.04. The fourth-order valence-electron chi connectivity index (χ4n) is 7.33. The number of aromatic nitrogens is 3. The topological polar surface area (TPSA) is 85.2 Å². The van der Waals surface area contributed by atoms with Gasteiger partial charge in [0.15, 0.2) is 17.2 Å². The van der Waals surface area contributed by atoms with E-state index >= 15 is 0 Å². The Morgan fingerprint density at radius 1 is 1.09 bits per heavy atom. The number of ketones is 2. The third-order valence-corrected chi connectivity index (χ3v) is 8.02. The van der Waals surface area contributed by atoms with Crippen LogP contribution in [0, 0.1) is 22.7 Å². The second kappa shape index (κ2) is 7.99. The first-order chi connectivity index (χ1) is 15.9. The quantitative estimate of drug-likeness (QED) is 0.590. The van der Waals surface area contributed by atoms with Gasteiger partial charge in [0, 0.05) is 25.6 Å². The van der Waals surface area contributed by atoms with Crippen LogP contribution in [-0.4, -0.2) is 49.2 Å². The Balaban J connectivity index is 1.33. The molecule has 3 atom stereocenters. The third kappa shape index (κ3) is 4.29. The van der Waals surface area contributed by atoms with E-state index in [9.17, 15) is 14.4 Å². The first kappa shape index (κ1) is 23.2. The number of fused-ring (bicyclic) bond motifs is 2. The lowest BCUT2D eigenvalue weighted by atomic mass is 9.60. The molecule has 2 saturated carbocycles. The lowest BCUT2D eigenvalue weighted by molar-refractivity contribution is -0.140. The normalized spacial score (nSPS) is 27.6. The summed E-state index contributed by atoms with van der Waals surface area (Å²) in [6.45, 7) is 10.7. The molecule has 3 aliphatic rings. The zero-order valence-corrected chi connectivity index (χ0v) is 21.0. The van der Waals surface area contributed by atoms with Crippen LogP contribution in [0.25, 0.3) is 11.0 Å². The lowest BCUT2D eigenvalue weighted by Crippen LogP contribution is -2.45. The first-order valence-corrected chi connectivity index (χ1v) is 12.6. The summed E-state index contributed by atoms with van der Waals surface area (Å²) in [4.78, 5) is 45.2. The third-order valence-electron chi connectivity index (χ3n) is 8.02. The van der Waals surface area contributed by atoms with Gasteiger partial charge in [0.05, 0.1) is 11.4 Å². The van der Waals surface area contributed by atoms with Crippen molar-refractivity contribution in [2.24, 2.45) is 22.7 Å². The van der Waals surface area contributed by atoms with Crippen LogP contribution in [0.5, 0.6) is 0 Å². The number of hydrogen-bond donors (Lipinski definition) is 0. The van der Waals surface area contributed by atoms with Crippen molar-refractivity contribution >= 4 is 28.5 Å². The molecule has 0 N–H and O–H groups in total. The fraction of sp³-hybridized carbons (Fsp3) is 0.667. The van der Waals surface area contributed by atoms with Gasteiger partial charge in [0.25, 0.3) is 0 Å². The number of hydrogen-bond acceptors (Lipinski definition) is 5. The van der Waals surface area contributed by atoms with Gasteiger partial charge >= 0.3 is 0 Å². The highest BCUT2D eigenvalue weighted by Gasteiger charge is 2.56. The molecule has 34 heavy (non-hydrogen) atoms. The Kier molecular flexibility index (Phi) is 5.45. The number of Topliss-reactive ketones (excluding diaryl/α,β-unsaturated/α-hetero) is 2. The Morgan fingerprint density at radius 2 is 1.79 bits per heavy atom. The van der Waals surface area contributed by atoms with Crippen molar-refractivity contribution in [3.05, 3.63) is 24.0 Å². The molecule has 2 aromatic heterocycles. The van der Waals surface area contributed by atoms with Gasteiger partial charge in [-0.25, -0.2) is 9.67 Å². The van der Waals surface area contributed by atoms with Gasteiger partial charge in [-0.1, -0.05) is 27.7 Å². The number of carbonyl (C=O) groups excluding carboxylic acids is 3. The number of nitrogens with zero attached hydrogens (tertiary/aromatic N) is 4. The van der Waals surface area contributed by atoms with Crippen LogP contribution in [0.2, 0.25) is 0 Å². The van der Waals surface area contributed by atoms with E-state index in [-0.39, 0.29) is 46.9 Å². The van der Waals surface area contributed by atoms with Crippen LogP contribution in [-0.2, 0) is 16.1 Å². The van der Waals surface area contributed by atoms with E-state index in [0.29, 0.717) is 35.0 Å². The summed E-state index contributed by atoms with van der Waals surface area (Å²) in [6, 6.07) is 3.41. The molecular weight excluding hydrogens is 428 g/mol. The minimum absolute atomic E-state index is 0.00269. The molecule has 3 fully saturated rings. The van der Waals surface area contributed by atoms with Gasteiger partial charge in [-0.15, -0.1) is 0 Å². The fourth-order valence-corrected chi connectivity index (χ4v) is 7.33. The van der Waals surface area contributed by atoms with Gasteiger partial charge in [-0.2, -0.15) is 5.10 Å². The molecule has 3 heterocycles. The van der Waals surface area contributed by atoms with E-state index in [1.54, 1.807) is 18.3 Å². The van der Waals surface area contributed by atoms with E-state index in [4.69, 9.17) is 0 Å². The number of likely N-dealkylation sites (tertiary alicyclic amines) is 1. The highest BCUT2D eigenvalue weighted by atomic mass is 16.2. The summed E-state index contributed by atoms with van der Waals surface area (Å²) in [5.41, 5.74) is 1.34. The summed E-state index contributed by atoms with van der Waals surface area (Å²) < 4.78 is 1.53. The molecule has 7 nitrogen and oxygen atoms in total. The minimum atomic E-state index is -0.327. The van der Waals surface area contributed by atoms with E-state index < -0.39 is 0 Å². The van der Waals surface area contributed by atoms with Crippen LogP contribution in [0.4, 0.5) is 0 Å². The summed E-state index contributed by atoms with van der Waals surface area (Å²) in [5, 5.41) is 5.06. The molecule has 5 rings (SSSR count). The van der Waals surface area contributed by atoms with Gasteiger partial charge in [0.2, 0.25) is 5.91 Å². The molecule has 7 heteroatoms. The maximum atomic E-state index is 13.5. The predicted molar refractivity (Wildman–Crippen MR) is 129 cm³/mol. The molecule has 0 unspecified atom stereocenters. The number of rotatable bonds is 6. The maximum absolute atomic E-state index is 13.5. The van der Waals surface area contributed by atoms with Crippen molar-refractivity contribution in [2.75, 3.05) is 0 Å². The van der Waals surface area contributed by atoms with Crippen molar-refractivity contribution in [2.45, 2.75) is 91.8 Å². The van der Waals surface area contributed by atoms with Crippen molar-refractivity contribution in [1.29, 1.82) is 0 Å². The van der Waals surface area contributed by atoms with Crippen LogP contribution in [0.15, 0.2) is 18.3 Å². The molecule has 1 aliphatic heterocycles. The zero-order valence-electron chi connectivity index (χ0n) is 21.0. The van der Waals surface area contributed by atoms with Gasteiger partial charge in [0.1, 0.15) is 12.2 Å². The van der Waals surface area contributed by atoms with Crippen LogP contribution >= 0.6 is 0 Å². The predicted octanol–water partition coefficient (Wildman–Crippen LogP) is 4.44. The average molecular weight is 465 g/mol. The standard InChI is InChI=1S/C27H36N4O3/c1-16(32)24-19-7-6-8-28-25(19)30(29-24)14-23(34)31-20-10-18(20)11-21(31)22(33)9-17-12-26(2,3)15-27(4,5)13-17/h6-8,17-18,20-21H,9-15H2,1-5H3/t18-,20-,21+/m1/s1. The molecule has 0 radical (unpaired) electrons. The molecule has 0 spiro atoms. The van der Waals surface area contributed by atoms with Gasteiger partial charge < -0.3 is 4.90 Å². The average Bonchev–Trinajstić information content (AvgIpc) is 3.21. The molecule has 182 valence electrons. The van der Waals surface area contributed by atoms with Crippen LogP contribution in [0.1, 0.15) is 83.6 Å². The number of pyridine rings is 1. The number of piperidine rings is 1. The molecular formula is C27H36N4O3. The highest BCUT2D eigenvalue weighted by Crippen LogP contribution is 2.51. The summed E-state index contributed by atoms with van der Waals surface area (Å²) in [5.74, 6) is 0.777. The van der Waals surface area contributed by atoms with Crippen LogP contribution < -0.4 is 0 Å². The summed E-state index contributed by atoms with van der Waals surface area (Å²) >= 11 is 0. The monoisotopic (exact) mass is 464 g/mol. The largest absolute Gasteiger partial charge is 0.328 e. The van der Waals surface area contributed by atoms with E-state index in [1.807, 2.05) is 4.90 Å². The smallest absolute Gasteiger partial charge is 0.245 e.